The van der Waals surface area contributed by atoms with Gasteiger partial charge in [-0.15, -0.1) is 11.3 Å². The van der Waals surface area contributed by atoms with Gasteiger partial charge in [0.15, 0.2) is 0 Å². The van der Waals surface area contributed by atoms with Crippen LogP contribution in [0.2, 0.25) is 0 Å². The van der Waals surface area contributed by atoms with Crippen molar-refractivity contribution in [1.29, 1.82) is 0 Å². The molecule has 0 saturated heterocycles. The van der Waals surface area contributed by atoms with Crippen LogP contribution in [0.3, 0.4) is 0 Å². The lowest BCUT2D eigenvalue weighted by atomic mass is 9.86. The molecule has 2 rings (SSSR count). The summed E-state index contributed by atoms with van der Waals surface area (Å²) in [5, 5.41) is 15.6. The van der Waals surface area contributed by atoms with E-state index in [0.29, 0.717) is 6.04 Å². The van der Waals surface area contributed by atoms with Crippen LogP contribution in [0.4, 0.5) is 0 Å². The van der Waals surface area contributed by atoms with E-state index >= 15 is 0 Å². The molecule has 0 amide bonds. The predicted octanol–water partition coefficient (Wildman–Crippen LogP) is 2.18. The average molecular weight is 254 g/mol. The summed E-state index contributed by atoms with van der Waals surface area (Å²) in [7, 11) is 0. The zero-order valence-electron chi connectivity index (χ0n) is 9.98. The molecule has 2 atom stereocenters. The standard InChI is InChI=1S/C12H18N2O2S/c1-8-14-11(7-17-8)6-13-10-4-2-3-9(5-10)12(15)16/h7,9-10,13H,2-6H2,1H3,(H,15,16). The maximum absolute atomic E-state index is 10.9. The Hall–Kier alpha value is -0.940. The summed E-state index contributed by atoms with van der Waals surface area (Å²) in [6, 6.07) is 0.326. The van der Waals surface area contributed by atoms with Gasteiger partial charge in [0.05, 0.1) is 16.6 Å². The smallest absolute Gasteiger partial charge is 0.306 e. The second-order valence-corrected chi connectivity index (χ2v) is 5.70. The highest BCUT2D eigenvalue weighted by atomic mass is 32.1. The van der Waals surface area contributed by atoms with E-state index in [1.165, 1.54) is 0 Å². The summed E-state index contributed by atoms with van der Waals surface area (Å²) < 4.78 is 0. The third-order valence-corrected chi connectivity index (χ3v) is 4.08. The molecular formula is C12H18N2O2S. The van der Waals surface area contributed by atoms with Gasteiger partial charge < -0.3 is 10.4 Å². The van der Waals surface area contributed by atoms with E-state index in [-0.39, 0.29) is 5.92 Å². The number of carboxylic acid groups (broad SMARTS) is 1. The van der Waals surface area contributed by atoms with Crippen LogP contribution in [-0.2, 0) is 11.3 Å². The lowest BCUT2D eigenvalue weighted by Crippen LogP contribution is -2.36. The molecule has 2 unspecified atom stereocenters. The van der Waals surface area contributed by atoms with Gasteiger partial charge in [0.2, 0.25) is 0 Å². The molecule has 94 valence electrons. The quantitative estimate of drug-likeness (QED) is 0.864. The van der Waals surface area contributed by atoms with Crippen LogP contribution >= 0.6 is 11.3 Å². The number of aryl methyl sites for hydroxylation is 1. The Kier molecular flexibility index (Phi) is 4.12. The van der Waals surface area contributed by atoms with Crippen LogP contribution in [0.1, 0.15) is 36.4 Å². The monoisotopic (exact) mass is 254 g/mol. The highest BCUT2D eigenvalue weighted by molar-refractivity contribution is 7.09. The van der Waals surface area contributed by atoms with Crippen LogP contribution in [0, 0.1) is 12.8 Å². The molecule has 1 aromatic rings. The molecule has 1 aliphatic carbocycles. The molecule has 1 heterocycles. The minimum Gasteiger partial charge on any atom is -0.481 e. The fourth-order valence-corrected chi connectivity index (χ4v) is 2.95. The van der Waals surface area contributed by atoms with Gasteiger partial charge in [0, 0.05) is 18.0 Å². The number of aliphatic carboxylic acids is 1. The Bertz CT molecular complexity index is 392. The third-order valence-electron chi connectivity index (χ3n) is 3.26. The average Bonchev–Trinajstić information content (AvgIpc) is 2.73. The van der Waals surface area contributed by atoms with Crippen LogP contribution < -0.4 is 5.32 Å². The molecule has 0 bridgehead atoms. The van der Waals surface area contributed by atoms with Crippen molar-refractivity contribution in [3.8, 4) is 0 Å². The fourth-order valence-electron chi connectivity index (χ4n) is 2.34. The van der Waals surface area contributed by atoms with E-state index in [2.05, 4.69) is 15.7 Å². The second-order valence-electron chi connectivity index (χ2n) is 4.64. The molecule has 5 heteroatoms. The minimum absolute atomic E-state index is 0.168. The van der Waals surface area contributed by atoms with Crippen molar-refractivity contribution in [2.45, 2.75) is 45.2 Å². The van der Waals surface area contributed by atoms with Crippen LogP contribution in [-0.4, -0.2) is 22.1 Å². The van der Waals surface area contributed by atoms with Crippen molar-refractivity contribution >= 4 is 17.3 Å². The fraction of sp³-hybridized carbons (Fsp3) is 0.667. The molecule has 4 nitrogen and oxygen atoms in total. The maximum Gasteiger partial charge on any atom is 0.306 e. The van der Waals surface area contributed by atoms with Crippen LogP contribution in [0.5, 0.6) is 0 Å². The van der Waals surface area contributed by atoms with Crippen LogP contribution in [0.25, 0.3) is 0 Å². The van der Waals surface area contributed by atoms with Gasteiger partial charge in [-0.1, -0.05) is 6.42 Å². The second kappa shape index (κ2) is 5.60. The number of nitrogens with zero attached hydrogens (tertiary/aromatic N) is 1. The van der Waals surface area contributed by atoms with Crippen molar-refractivity contribution in [3.63, 3.8) is 0 Å². The molecular weight excluding hydrogens is 236 g/mol. The minimum atomic E-state index is -0.652. The largest absolute Gasteiger partial charge is 0.481 e. The summed E-state index contributed by atoms with van der Waals surface area (Å²) in [5.74, 6) is -0.820. The predicted molar refractivity (Wildman–Crippen MR) is 67.1 cm³/mol. The number of hydrogen-bond acceptors (Lipinski definition) is 4. The Morgan fingerprint density at radius 3 is 3.12 bits per heavy atom. The third kappa shape index (κ3) is 3.51. The van der Waals surface area contributed by atoms with Crippen molar-refractivity contribution in [2.24, 2.45) is 5.92 Å². The number of carbonyl (C=O) groups is 1. The number of nitrogens with one attached hydrogen (secondary N) is 1. The summed E-state index contributed by atoms with van der Waals surface area (Å²) in [5.41, 5.74) is 1.06. The van der Waals surface area contributed by atoms with Gasteiger partial charge in [-0.05, 0) is 26.2 Å². The first kappa shape index (κ1) is 12.5. The van der Waals surface area contributed by atoms with Gasteiger partial charge in [-0.2, -0.15) is 0 Å². The molecule has 1 saturated carbocycles. The molecule has 0 radical (unpaired) electrons. The van der Waals surface area contributed by atoms with Crippen molar-refractivity contribution in [2.75, 3.05) is 0 Å². The van der Waals surface area contributed by atoms with Crippen LogP contribution in [0.15, 0.2) is 5.38 Å². The zero-order chi connectivity index (χ0) is 12.3. The van der Waals surface area contributed by atoms with Gasteiger partial charge in [-0.25, -0.2) is 4.98 Å². The summed E-state index contributed by atoms with van der Waals surface area (Å²) in [6.07, 6.45) is 3.65. The number of thiazole rings is 1. The number of rotatable bonds is 4. The Morgan fingerprint density at radius 1 is 1.65 bits per heavy atom. The van der Waals surface area contributed by atoms with E-state index in [1.807, 2.05) is 6.92 Å². The van der Waals surface area contributed by atoms with Gasteiger partial charge in [0.1, 0.15) is 0 Å². The van der Waals surface area contributed by atoms with E-state index in [9.17, 15) is 4.79 Å². The Balaban J connectivity index is 1.81. The SMILES string of the molecule is Cc1nc(CNC2CCCC(C(=O)O)C2)cs1. The van der Waals surface area contributed by atoms with Crippen molar-refractivity contribution in [3.05, 3.63) is 16.1 Å². The topological polar surface area (TPSA) is 62.2 Å². The molecule has 1 fully saturated rings. The maximum atomic E-state index is 10.9. The molecule has 0 aromatic carbocycles. The highest BCUT2D eigenvalue weighted by Gasteiger charge is 2.26. The van der Waals surface area contributed by atoms with Crippen molar-refractivity contribution in [1.82, 2.24) is 10.3 Å². The normalized spacial score (nSPS) is 24.8. The lowest BCUT2D eigenvalue weighted by molar-refractivity contribution is -0.143. The molecule has 0 spiro atoms. The first-order valence-corrected chi connectivity index (χ1v) is 6.90. The molecule has 17 heavy (non-hydrogen) atoms. The first-order chi connectivity index (χ1) is 8.15. The molecule has 2 N–H and O–H groups in total. The van der Waals surface area contributed by atoms with E-state index in [1.54, 1.807) is 11.3 Å². The highest BCUT2D eigenvalue weighted by Crippen LogP contribution is 2.24. The van der Waals surface area contributed by atoms with Crippen molar-refractivity contribution < 1.29 is 9.90 Å². The Labute approximate surface area is 105 Å². The van der Waals surface area contributed by atoms with E-state index in [0.717, 1.165) is 42.9 Å². The Morgan fingerprint density at radius 2 is 2.47 bits per heavy atom. The first-order valence-electron chi connectivity index (χ1n) is 6.02. The van der Waals surface area contributed by atoms with Gasteiger partial charge in [-0.3, -0.25) is 4.79 Å². The van der Waals surface area contributed by atoms with E-state index in [4.69, 9.17) is 5.11 Å². The zero-order valence-corrected chi connectivity index (χ0v) is 10.8. The summed E-state index contributed by atoms with van der Waals surface area (Å²) >= 11 is 1.65. The number of carboxylic acids is 1. The molecule has 1 aromatic heterocycles. The molecule has 0 aliphatic heterocycles. The lowest BCUT2D eigenvalue weighted by Gasteiger charge is -2.27. The number of hydrogen-bond donors (Lipinski definition) is 2. The van der Waals surface area contributed by atoms with Gasteiger partial charge in [0.25, 0.3) is 0 Å². The summed E-state index contributed by atoms with van der Waals surface area (Å²) in [4.78, 5) is 15.3. The molecule has 1 aliphatic rings. The van der Waals surface area contributed by atoms with E-state index < -0.39 is 5.97 Å². The number of aromatic nitrogens is 1. The summed E-state index contributed by atoms with van der Waals surface area (Å²) in [6.45, 7) is 2.75. The van der Waals surface area contributed by atoms with Gasteiger partial charge >= 0.3 is 5.97 Å².